The third-order valence-corrected chi connectivity index (χ3v) is 7.94. The maximum Gasteiger partial charge on any atom is 0.339 e. The first-order valence-corrected chi connectivity index (χ1v) is 12.2. The van der Waals surface area contributed by atoms with E-state index in [1.54, 1.807) is 12.1 Å². The van der Waals surface area contributed by atoms with Crippen LogP contribution in [-0.2, 0) is 21.2 Å². The zero-order chi connectivity index (χ0) is 23.3. The van der Waals surface area contributed by atoms with E-state index in [1.807, 2.05) is 74.5 Å². The molecule has 0 heterocycles. The van der Waals surface area contributed by atoms with Crippen molar-refractivity contribution in [2.45, 2.75) is 40.6 Å². The minimum atomic E-state index is -0.907. The fourth-order valence-corrected chi connectivity index (χ4v) is 5.75. The van der Waals surface area contributed by atoms with E-state index in [4.69, 9.17) is 4.74 Å². The van der Waals surface area contributed by atoms with Gasteiger partial charge < -0.3 is 4.74 Å². The van der Waals surface area contributed by atoms with Crippen LogP contribution in [-0.4, -0.2) is 5.97 Å². The smallest absolute Gasteiger partial charge is 0.339 e. The highest BCUT2D eigenvalue weighted by atomic mass is 32.2. The van der Waals surface area contributed by atoms with E-state index >= 15 is 0 Å². The number of hydrogen-bond acceptors (Lipinski definition) is 2. The second kappa shape index (κ2) is 10.1. The fourth-order valence-electron chi connectivity index (χ4n) is 3.66. The number of carbonyl (C=O) groups is 1. The number of hydrogen-bond donors (Lipinski definition) is 0. The molecule has 4 aromatic carbocycles. The summed E-state index contributed by atoms with van der Waals surface area (Å²) >= 11 is 0. The zero-order valence-corrected chi connectivity index (χ0v) is 19.5. The molecule has 4 aromatic rings. The van der Waals surface area contributed by atoms with Crippen molar-refractivity contribution in [3.8, 4) is 0 Å². The van der Waals surface area contributed by atoms with E-state index in [0.29, 0.717) is 17.5 Å². The van der Waals surface area contributed by atoms with Crippen LogP contribution >= 0.6 is 0 Å². The number of halogens is 1. The average molecular weight is 458 g/mol. The molecule has 166 valence electrons. The molecule has 0 aliphatic heterocycles. The molecule has 2 nitrogen and oxygen atoms in total. The van der Waals surface area contributed by atoms with Gasteiger partial charge in [-0.2, -0.15) is 0 Å². The van der Waals surface area contributed by atoms with Gasteiger partial charge in [0.25, 0.3) is 0 Å². The van der Waals surface area contributed by atoms with Crippen LogP contribution in [0.1, 0.15) is 36.2 Å². The van der Waals surface area contributed by atoms with E-state index in [-0.39, 0.29) is 16.7 Å². The summed E-state index contributed by atoms with van der Waals surface area (Å²) < 4.78 is 19.6. The van der Waals surface area contributed by atoms with Crippen LogP contribution in [0.4, 0.5) is 4.39 Å². The maximum absolute atomic E-state index is 13.8. The summed E-state index contributed by atoms with van der Waals surface area (Å²) in [5.41, 5.74) is 0.208. The Labute approximate surface area is 197 Å². The summed E-state index contributed by atoms with van der Waals surface area (Å²) in [6, 6.07) is 34.5. The lowest BCUT2D eigenvalue weighted by Gasteiger charge is -2.29. The molecule has 1 atom stereocenters. The van der Waals surface area contributed by atoms with Crippen molar-refractivity contribution in [3.63, 3.8) is 0 Å². The lowest BCUT2D eigenvalue weighted by Crippen LogP contribution is -2.28. The van der Waals surface area contributed by atoms with Crippen molar-refractivity contribution in [1.29, 1.82) is 0 Å². The monoisotopic (exact) mass is 457 g/mol. The SMILES string of the molecule is CCC(C)(OC(=O)c1ccc([S+](c2ccccc2)c2ccccc2)cc1)c1cccc(F)c1. The molecule has 0 amide bonds. The Bertz CT molecular complexity index is 1170. The second-order valence-electron chi connectivity index (χ2n) is 7.94. The number of esters is 1. The van der Waals surface area contributed by atoms with E-state index < -0.39 is 11.6 Å². The molecule has 0 saturated carbocycles. The molecule has 0 radical (unpaired) electrons. The Morgan fingerprint density at radius 3 is 1.85 bits per heavy atom. The Hall–Kier alpha value is -3.37. The molecule has 0 N–H and O–H groups in total. The van der Waals surface area contributed by atoms with Crippen LogP contribution in [0.5, 0.6) is 0 Å². The molecule has 4 heteroatoms. The normalized spacial score (nSPS) is 12.8. The highest BCUT2D eigenvalue weighted by molar-refractivity contribution is 7.97. The minimum absolute atomic E-state index is 0.283. The quantitative estimate of drug-likeness (QED) is 0.213. The summed E-state index contributed by atoms with van der Waals surface area (Å²) in [7, 11) is -0.283. The Morgan fingerprint density at radius 1 is 0.788 bits per heavy atom. The average Bonchev–Trinajstić information content (AvgIpc) is 2.86. The van der Waals surface area contributed by atoms with Gasteiger partial charge in [-0.05, 0) is 79.6 Å². The second-order valence-corrected chi connectivity index (χ2v) is 9.97. The van der Waals surface area contributed by atoms with Crippen LogP contribution in [0.2, 0.25) is 0 Å². The van der Waals surface area contributed by atoms with E-state index in [9.17, 15) is 9.18 Å². The minimum Gasteiger partial charge on any atom is -0.451 e. The van der Waals surface area contributed by atoms with Crippen LogP contribution in [0.3, 0.4) is 0 Å². The molecule has 0 aliphatic rings. The largest absolute Gasteiger partial charge is 0.451 e. The Morgan fingerprint density at radius 2 is 1.33 bits per heavy atom. The first-order valence-electron chi connectivity index (χ1n) is 10.9. The van der Waals surface area contributed by atoms with Crippen molar-refractivity contribution in [3.05, 3.63) is 126 Å². The van der Waals surface area contributed by atoms with Crippen LogP contribution < -0.4 is 0 Å². The predicted octanol–water partition coefficient (Wildman–Crippen LogP) is 7.40. The van der Waals surface area contributed by atoms with Crippen LogP contribution in [0.15, 0.2) is 124 Å². The number of ether oxygens (including phenoxy) is 1. The zero-order valence-electron chi connectivity index (χ0n) is 18.7. The summed E-state index contributed by atoms with van der Waals surface area (Å²) in [5, 5.41) is 0. The van der Waals surface area contributed by atoms with Gasteiger partial charge in [-0.25, -0.2) is 9.18 Å². The molecule has 1 unspecified atom stereocenters. The lowest BCUT2D eigenvalue weighted by molar-refractivity contribution is -0.0142. The molecule has 4 rings (SSSR count). The predicted molar refractivity (Wildman–Crippen MR) is 131 cm³/mol. The van der Waals surface area contributed by atoms with Crippen molar-refractivity contribution in [2.24, 2.45) is 0 Å². The molecular weight excluding hydrogens is 431 g/mol. The molecule has 0 saturated heterocycles. The van der Waals surface area contributed by atoms with Gasteiger partial charge in [-0.15, -0.1) is 0 Å². The number of carbonyl (C=O) groups excluding carboxylic acids is 1. The topological polar surface area (TPSA) is 26.3 Å². The molecule has 33 heavy (non-hydrogen) atoms. The fraction of sp³-hybridized carbons (Fsp3) is 0.138. The van der Waals surface area contributed by atoms with E-state index in [2.05, 4.69) is 24.3 Å². The number of rotatable bonds is 7. The Kier molecular flexibility index (Phi) is 6.95. The molecule has 0 spiro atoms. The first kappa shape index (κ1) is 22.8. The standard InChI is InChI=1S/C29H26FO2S/c1-3-29(2,23-11-10-12-24(30)21-23)32-28(31)22-17-19-27(20-18-22)33(25-13-6-4-7-14-25)26-15-8-5-9-16-26/h4-21H,3H2,1-2H3/q+1. The molecular formula is C29H26FO2S+. The summed E-state index contributed by atoms with van der Waals surface area (Å²) in [4.78, 5) is 16.5. The maximum atomic E-state index is 13.8. The van der Waals surface area contributed by atoms with Crippen molar-refractivity contribution < 1.29 is 13.9 Å². The van der Waals surface area contributed by atoms with Crippen molar-refractivity contribution in [2.75, 3.05) is 0 Å². The van der Waals surface area contributed by atoms with Gasteiger partial charge in [0.1, 0.15) is 11.4 Å². The van der Waals surface area contributed by atoms with E-state index in [1.165, 1.54) is 21.9 Å². The summed E-state index contributed by atoms with van der Waals surface area (Å²) in [6.07, 6.45) is 0.533. The molecule has 0 fully saturated rings. The summed E-state index contributed by atoms with van der Waals surface area (Å²) in [6.45, 7) is 3.74. The van der Waals surface area contributed by atoms with Gasteiger partial charge in [0.2, 0.25) is 0 Å². The van der Waals surface area contributed by atoms with Crippen LogP contribution in [0.25, 0.3) is 0 Å². The van der Waals surface area contributed by atoms with Crippen LogP contribution in [0, 0.1) is 5.82 Å². The lowest BCUT2D eigenvalue weighted by atomic mass is 9.93. The van der Waals surface area contributed by atoms with Gasteiger partial charge >= 0.3 is 5.97 Å². The molecule has 0 bridgehead atoms. The highest BCUT2D eigenvalue weighted by Gasteiger charge is 2.31. The molecule has 0 aliphatic carbocycles. The van der Waals surface area contributed by atoms with Gasteiger partial charge in [0.15, 0.2) is 14.7 Å². The molecule has 0 aromatic heterocycles. The van der Waals surface area contributed by atoms with Gasteiger partial charge in [0, 0.05) is 0 Å². The third kappa shape index (κ3) is 5.18. The van der Waals surface area contributed by atoms with E-state index in [0.717, 1.165) is 4.90 Å². The Balaban J connectivity index is 1.61. The van der Waals surface area contributed by atoms with Crippen molar-refractivity contribution in [1.82, 2.24) is 0 Å². The third-order valence-electron chi connectivity index (χ3n) is 5.71. The van der Waals surface area contributed by atoms with Gasteiger partial charge in [-0.3, -0.25) is 0 Å². The summed E-state index contributed by atoms with van der Waals surface area (Å²) in [5.74, 6) is -0.768. The highest BCUT2D eigenvalue weighted by Crippen LogP contribution is 2.33. The van der Waals surface area contributed by atoms with Gasteiger partial charge in [-0.1, -0.05) is 55.5 Å². The van der Waals surface area contributed by atoms with Gasteiger partial charge in [0.05, 0.1) is 16.5 Å². The van der Waals surface area contributed by atoms with Crippen molar-refractivity contribution >= 4 is 16.9 Å². The first-order chi connectivity index (χ1) is 16.0. The number of benzene rings is 4.